The van der Waals surface area contributed by atoms with Gasteiger partial charge in [-0.05, 0) is 99.3 Å². The van der Waals surface area contributed by atoms with Gasteiger partial charge in [-0.3, -0.25) is 24.2 Å². The number of alkyl halides is 3. The quantitative estimate of drug-likeness (QED) is 0.170. The minimum absolute atomic E-state index is 0.262. The SMILES string of the molecule is COc1cc2nc([C@H]3CC[C@H](CN4CCC(c5ccn6c(N7CCC(=O)NC7=O)cnc6c5)CC4)CC3)sc2cc1NC(=O)c1cccc(C(F)(F)F)n1. The summed E-state index contributed by atoms with van der Waals surface area (Å²) in [6.07, 6.45) is 5.75. The van der Waals surface area contributed by atoms with Crippen molar-refractivity contribution < 1.29 is 32.3 Å². The Hall–Kier alpha value is -5.09. The highest BCUT2D eigenvalue weighted by atomic mass is 32.1. The van der Waals surface area contributed by atoms with Gasteiger partial charge in [0.1, 0.15) is 28.6 Å². The second-order valence-electron chi connectivity index (χ2n) is 14.3. The minimum Gasteiger partial charge on any atom is -0.494 e. The first-order valence-corrected chi connectivity index (χ1v) is 19.0. The van der Waals surface area contributed by atoms with Crippen LogP contribution in [0.25, 0.3) is 15.9 Å². The number of halogens is 3. The molecule has 0 atom stereocenters. The average molecular weight is 761 g/mol. The van der Waals surface area contributed by atoms with E-state index in [0.29, 0.717) is 41.6 Å². The predicted molar refractivity (Wildman–Crippen MR) is 197 cm³/mol. The average Bonchev–Trinajstić information content (AvgIpc) is 3.78. The molecule has 0 unspecified atom stereocenters. The number of aromatic nitrogens is 4. The molecule has 2 saturated heterocycles. The van der Waals surface area contributed by atoms with Gasteiger partial charge in [0, 0.05) is 37.7 Å². The van der Waals surface area contributed by atoms with Gasteiger partial charge in [-0.1, -0.05) is 6.07 Å². The number of piperidine rings is 1. The molecule has 1 aliphatic carbocycles. The number of rotatable bonds is 8. The molecule has 8 rings (SSSR count). The number of ether oxygens (including phenoxy) is 1. The maximum absolute atomic E-state index is 13.2. The van der Waals surface area contributed by atoms with Crippen LogP contribution in [0.3, 0.4) is 0 Å². The molecule has 4 aromatic heterocycles. The second kappa shape index (κ2) is 14.6. The number of likely N-dealkylation sites (tertiary alicyclic amines) is 1. The van der Waals surface area contributed by atoms with Crippen LogP contribution in [0.2, 0.25) is 0 Å². The van der Waals surface area contributed by atoms with E-state index in [1.807, 2.05) is 10.6 Å². The number of amides is 4. The smallest absolute Gasteiger partial charge is 0.433 e. The third-order valence-electron chi connectivity index (χ3n) is 10.9. The summed E-state index contributed by atoms with van der Waals surface area (Å²) in [5, 5.41) is 6.09. The van der Waals surface area contributed by atoms with Gasteiger partial charge in [-0.15, -0.1) is 11.3 Å². The Bertz CT molecular complexity index is 2220. The van der Waals surface area contributed by atoms with Crippen molar-refractivity contribution in [3.05, 3.63) is 76.8 Å². The van der Waals surface area contributed by atoms with E-state index < -0.39 is 23.8 Å². The van der Waals surface area contributed by atoms with Crippen LogP contribution in [0, 0.1) is 5.92 Å². The van der Waals surface area contributed by atoms with Gasteiger partial charge in [-0.2, -0.15) is 13.2 Å². The third-order valence-corrected chi connectivity index (χ3v) is 12.0. The highest BCUT2D eigenvalue weighted by Crippen LogP contribution is 2.42. The van der Waals surface area contributed by atoms with Crippen molar-refractivity contribution in [2.45, 2.75) is 63.0 Å². The van der Waals surface area contributed by atoms with Crippen LogP contribution in [-0.2, 0) is 11.0 Å². The number of nitrogens with one attached hydrogen (secondary N) is 2. The molecule has 1 saturated carbocycles. The Morgan fingerprint density at radius 1 is 1.00 bits per heavy atom. The van der Waals surface area contributed by atoms with Crippen molar-refractivity contribution in [1.82, 2.24) is 29.6 Å². The highest BCUT2D eigenvalue weighted by molar-refractivity contribution is 7.18. The Morgan fingerprint density at radius 2 is 1.80 bits per heavy atom. The van der Waals surface area contributed by atoms with Crippen LogP contribution in [0.5, 0.6) is 5.75 Å². The molecule has 0 bridgehead atoms. The number of thiazole rings is 1. The van der Waals surface area contributed by atoms with Crippen molar-refractivity contribution in [2.75, 3.05) is 43.5 Å². The summed E-state index contributed by atoms with van der Waals surface area (Å²) in [6.45, 7) is 3.50. The number of anilines is 2. The van der Waals surface area contributed by atoms with E-state index >= 15 is 0 Å². The molecule has 54 heavy (non-hydrogen) atoms. The summed E-state index contributed by atoms with van der Waals surface area (Å²) in [4.78, 5) is 54.0. The number of fused-ring (bicyclic) bond motifs is 2. The standard InChI is InChI=1S/C38H39F3N8O4S/c1-53-29-18-28-30(19-27(29)44-35(51)26-3-2-4-31(43-26)38(39,40)41)54-36(45-28)24-7-5-22(6-8-24)21-47-13-9-23(10-14-47)25-11-15-48-32(17-25)42-20-34(48)49-16-12-33(50)46-37(49)52/h2-4,11,15,17-20,22-24H,5-10,12-14,16,21H2,1H3,(H,44,51)(H,46,50,52)/t22-,24-. The van der Waals surface area contributed by atoms with Crippen LogP contribution >= 0.6 is 11.3 Å². The monoisotopic (exact) mass is 760 g/mol. The maximum atomic E-state index is 13.2. The van der Waals surface area contributed by atoms with Gasteiger partial charge in [0.2, 0.25) is 5.91 Å². The van der Waals surface area contributed by atoms with Gasteiger partial charge in [0.25, 0.3) is 5.91 Å². The minimum atomic E-state index is -4.66. The largest absolute Gasteiger partial charge is 0.494 e. The van der Waals surface area contributed by atoms with Crippen molar-refractivity contribution in [2.24, 2.45) is 5.92 Å². The first-order chi connectivity index (χ1) is 26.0. The fraction of sp³-hybridized carbons (Fsp3) is 0.421. The number of nitrogens with zero attached hydrogens (tertiary/aromatic N) is 6. The summed E-state index contributed by atoms with van der Waals surface area (Å²) in [5.74, 6) is 1.41. The fourth-order valence-corrected chi connectivity index (χ4v) is 9.10. The lowest BCUT2D eigenvalue weighted by Gasteiger charge is -2.36. The normalized spacial score (nSPS) is 20.4. The number of hydrogen-bond acceptors (Lipinski definition) is 9. The molecule has 0 radical (unpaired) electrons. The van der Waals surface area contributed by atoms with E-state index in [-0.39, 0.29) is 18.0 Å². The van der Waals surface area contributed by atoms with Gasteiger partial charge in [-0.25, -0.2) is 19.7 Å². The van der Waals surface area contributed by atoms with Crippen molar-refractivity contribution in [3.63, 3.8) is 0 Å². The Labute approximate surface area is 312 Å². The number of benzene rings is 1. The number of imide groups is 1. The van der Waals surface area contributed by atoms with E-state index in [2.05, 4.69) is 37.6 Å². The van der Waals surface area contributed by atoms with E-state index in [4.69, 9.17) is 9.72 Å². The lowest BCUT2D eigenvalue weighted by molar-refractivity contribution is -0.141. The molecule has 2 N–H and O–H groups in total. The lowest BCUT2D eigenvalue weighted by atomic mass is 9.81. The molecule has 2 aliphatic heterocycles. The number of urea groups is 1. The van der Waals surface area contributed by atoms with Crippen molar-refractivity contribution in [3.8, 4) is 5.75 Å². The molecular weight excluding hydrogens is 722 g/mol. The molecular formula is C38H39F3N8O4S. The molecule has 1 aromatic carbocycles. The number of carbonyl (C=O) groups excluding carboxylic acids is 3. The lowest BCUT2D eigenvalue weighted by Crippen LogP contribution is -2.50. The van der Waals surface area contributed by atoms with Crippen molar-refractivity contribution in [1.29, 1.82) is 0 Å². The highest BCUT2D eigenvalue weighted by Gasteiger charge is 2.33. The fourth-order valence-electron chi connectivity index (χ4n) is 7.94. The zero-order valence-electron chi connectivity index (χ0n) is 29.6. The summed E-state index contributed by atoms with van der Waals surface area (Å²) in [7, 11) is 1.47. The zero-order chi connectivity index (χ0) is 37.6. The number of hydrogen-bond donors (Lipinski definition) is 2. The maximum Gasteiger partial charge on any atom is 0.433 e. The molecule has 0 spiro atoms. The molecule has 6 heterocycles. The summed E-state index contributed by atoms with van der Waals surface area (Å²) >= 11 is 1.58. The number of imidazole rings is 1. The van der Waals surface area contributed by atoms with E-state index in [1.165, 1.54) is 18.7 Å². The number of pyridine rings is 2. The van der Waals surface area contributed by atoms with E-state index in [1.54, 1.807) is 34.6 Å². The number of methoxy groups -OCH3 is 1. The molecule has 4 amide bonds. The molecule has 12 nitrogen and oxygen atoms in total. The molecule has 282 valence electrons. The summed E-state index contributed by atoms with van der Waals surface area (Å²) in [5.41, 5.74) is 1.68. The van der Waals surface area contributed by atoms with Crippen LogP contribution in [-0.4, -0.2) is 75.4 Å². The van der Waals surface area contributed by atoms with Crippen LogP contribution in [0.15, 0.2) is 54.9 Å². The number of carbonyl (C=O) groups is 3. The summed E-state index contributed by atoms with van der Waals surface area (Å²) < 4.78 is 47.7. The Kier molecular flexibility index (Phi) is 9.73. The van der Waals surface area contributed by atoms with Gasteiger partial charge < -0.3 is 15.0 Å². The third kappa shape index (κ3) is 7.36. The van der Waals surface area contributed by atoms with Gasteiger partial charge in [0.15, 0.2) is 0 Å². The van der Waals surface area contributed by atoms with E-state index in [0.717, 1.165) is 91.2 Å². The van der Waals surface area contributed by atoms with Crippen LogP contribution in [0.1, 0.15) is 83.5 Å². The van der Waals surface area contributed by atoms with Crippen molar-refractivity contribution >= 4 is 56.6 Å². The topological polar surface area (TPSA) is 134 Å². The summed E-state index contributed by atoms with van der Waals surface area (Å²) in [6, 6.07) is 10.6. The van der Waals surface area contributed by atoms with Crippen LogP contribution < -0.4 is 20.3 Å². The van der Waals surface area contributed by atoms with E-state index in [9.17, 15) is 27.6 Å². The molecule has 5 aromatic rings. The zero-order valence-corrected chi connectivity index (χ0v) is 30.4. The molecule has 16 heteroatoms. The predicted octanol–water partition coefficient (Wildman–Crippen LogP) is 7.22. The van der Waals surface area contributed by atoms with Gasteiger partial charge in [0.05, 0.1) is 34.2 Å². The van der Waals surface area contributed by atoms with Crippen LogP contribution in [0.4, 0.5) is 29.5 Å². The molecule has 3 fully saturated rings. The Balaban J connectivity index is 0.842. The Morgan fingerprint density at radius 3 is 2.54 bits per heavy atom. The molecule has 3 aliphatic rings. The second-order valence-corrected chi connectivity index (χ2v) is 15.3. The first kappa shape index (κ1) is 35.9. The first-order valence-electron chi connectivity index (χ1n) is 18.2. The van der Waals surface area contributed by atoms with Gasteiger partial charge >= 0.3 is 12.2 Å².